The van der Waals surface area contributed by atoms with Crippen LogP contribution in [0.1, 0.15) is 17.9 Å². The van der Waals surface area contributed by atoms with Crippen LogP contribution >= 0.6 is 11.6 Å². The molecule has 3 rings (SSSR count). The second kappa shape index (κ2) is 8.44. The Morgan fingerprint density at radius 1 is 1.00 bits per heavy atom. The van der Waals surface area contributed by atoms with Crippen LogP contribution in [-0.2, 0) is 23.0 Å². The molecule has 0 atom stereocenters. The molecule has 1 heterocycles. The molecule has 2 aromatic carbocycles. The fourth-order valence-corrected chi connectivity index (χ4v) is 3.65. The van der Waals surface area contributed by atoms with E-state index < -0.39 is 10.0 Å². The average Bonchev–Trinajstić information content (AvgIpc) is 3.10. The number of nitrogens with one attached hydrogen (secondary N) is 1. The first kappa shape index (κ1) is 18.6. The van der Waals surface area contributed by atoms with E-state index in [0.29, 0.717) is 23.4 Å². The van der Waals surface area contributed by atoms with E-state index in [2.05, 4.69) is 14.9 Å². The van der Waals surface area contributed by atoms with Gasteiger partial charge in [0.25, 0.3) is 0 Å². The lowest BCUT2D eigenvalue weighted by atomic mass is 10.1. The Kier molecular flexibility index (Phi) is 6.03. The summed E-state index contributed by atoms with van der Waals surface area (Å²) in [5, 5.41) is 8.27. The van der Waals surface area contributed by atoms with Gasteiger partial charge in [0.1, 0.15) is 0 Å². The van der Waals surface area contributed by atoms with Gasteiger partial charge in [-0.15, -0.1) is 10.2 Å². The lowest BCUT2D eigenvalue weighted by Crippen LogP contribution is -2.26. The van der Waals surface area contributed by atoms with E-state index >= 15 is 0 Å². The Hall–Kier alpha value is -2.22. The minimum absolute atomic E-state index is 0.0351. The summed E-state index contributed by atoms with van der Waals surface area (Å²) in [5.74, 6) is 0.480. The van der Waals surface area contributed by atoms with Crippen LogP contribution in [0.25, 0.3) is 11.5 Å². The summed E-state index contributed by atoms with van der Waals surface area (Å²) in [6.45, 7) is -0.0505. The molecule has 1 N–H and O–H groups in total. The van der Waals surface area contributed by atoms with Gasteiger partial charge in [0.05, 0.1) is 22.9 Å². The summed E-state index contributed by atoms with van der Waals surface area (Å²) in [6, 6.07) is 16.9. The Bertz CT molecular complexity index is 959. The van der Waals surface area contributed by atoms with Gasteiger partial charge in [-0.3, -0.25) is 0 Å². The number of nitrogens with zero attached hydrogens (tertiary/aromatic N) is 2. The maximum atomic E-state index is 12.1. The molecule has 0 bridgehead atoms. The Morgan fingerprint density at radius 2 is 1.73 bits per heavy atom. The number of halogens is 1. The molecular weight excluding hydrogens is 374 g/mol. The van der Waals surface area contributed by atoms with Crippen molar-refractivity contribution in [3.05, 3.63) is 71.1 Å². The lowest BCUT2D eigenvalue weighted by molar-refractivity contribution is 0.494. The molecule has 136 valence electrons. The largest absolute Gasteiger partial charge is 0.419 e. The van der Waals surface area contributed by atoms with Crippen LogP contribution in [0.5, 0.6) is 0 Å². The molecule has 26 heavy (non-hydrogen) atoms. The van der Waals surface area contributed by atoms with Gasteiger partial charge in [-0.1, -0.05) is 54.1 Å². The van der Waals surface area contributed by atoms with E-state index in [-0.39, 0.29) is 24.1 Å². The molecule has 0 amide bonds. The molecule has 0 saturated carbocycles. The van der Waals surface area contributed by atoms with E-state index in [1.807, 2.05) is 30.3 Å². The van der Waals surface area contributed by atoms with Crippen molar-refractivity contribution in [2.24, 2.45) is 0 Å². The van der Waals surface area contributed by atoms with E-state index in [0.717, 1.165) is 5.56 Å². The lowest BCUT2D eigenvalue weighted by Gasteiger charge is -2.05. The highest BCUT2D eigenvalue weighted by molar-refractivity contribution is 7.89. The zero-order valence-electron chi connectivity index (χ0n) is 13.9. The zero-order valence-corrected chi connectivity index (χ0v) is 15.5. The van der Waals surface area contributed by atoms with Crippen LogP contribution in [-0.4, -0.2) is 24.4 Å². The number of sulfonamides is 1. The van der Waals surface area contributed by atoms with Crippen LogP contribution in [0.15, 0.2) is 59.0 Å². The van der Waals surface area contributed by atoms with Crippen molar-refractivity contribution in [1.29, 1.82) is 0 Å². The number of hydrogen-bond acceptors (Lipinski definition) is 5. The number of benzene rings is 2. The molecule has 0 saturated heterocycles. The Morgan fingerprint density at radius 3 is 2.50 bits per heavy atom. The highest BCUT2D eigenvalue weighted by Crippen LogP contribution is 2.26. The summed E-state index contributed by atoms with van der Waals surface area (Å²) >= 11 is 6.09. The molecule has 6 nitrogen and oxygen atoms in total. The minimum atomic E-state index is -3.42. The molecule has 0 aliphatic carbocycles. The molecule has 0 radical (unpaired) electrons. The van der Waals surface area contributed by atoms with Gasteiger partial charge in [-0.25, -0.2) is 13.1 Å². The van der Waals surface area contributed by atoms with Crippen LogP contribution in [0.3, 0.4) is 0 Å². The highest BCUT2D eigenvalue weighted by Gasteiger charge is 2.15. The van der Waals surface area contributed by atoms with Crippen LogP contribution < -0.4 is 4.72 Å². The van der Waals surface area contributed by atoms with E-state index in [4.69, 9.17) is 16.0 Å². The molecule has 3 aromatic rings. The smallest absolute Gasteiger partial charge is 0.249 e. The maximum absolute atomic E-state index is 12.1. The van der Waals surface area contributed by atoms with Gasteiger partial charge in [-0.2, -0.15) is 0 Å². The molecular formula is C18H18ClN3O3S. The quantitative estimate of drug-likeness (QED) is 0.635. The number of aryl methyl sites for hydroxylation is 1. The summed E-state index contributed by atoms with van der Waals surface area (Å²) in [6.07, 6.45) is 1.24. The summed E-state index contributed by atoms with van der Waals surface area (Å²) in [5.41, 5.74) is 1.72. The fraction of sp³-hybridized carbons (Fsp3) is 0.222. The minimum Gasteiger partial charge on any atom is -0.419 e. The zero-order chi connectivity index (χ0) is 18.4. The molecule has 1 aromatic heterocycles. The third-order valence-electron chi connectivity index (χ3n) is 3.74. The maximum Gasteiger partial charge on any atom is 0.249 e. The van der Waals surface area contributed by atoms with Crippen molar-refractivity contribution in [2.75, 3.05) is 5.75 Å². The van der Waals surface area contributed by atoms with Gasteiger partial charge < -0.3 is 4.42 Å². The third kappa shape index (κ3) is 5.14. The monoisotopic (exact) mass is 391 g/mol. The van der Waals surface area contributed by atoms with Gasteiger partial charge in [0.2, 0.25) is 21.8 Å². The van der Waals surface area contributed by atoms with Crippen molar-refractivity contribution in [3.8, 4) is 11.5 Å². The van der Waals surface area contributed by atoms with Crippen LogP contribution in [0, 0.1) is 0 Å². The molecule has 0 aliphatic rings. The Balaban J connectivity index is 1.52. The molecule has 8 heteroatoms. The van der Waals surface area contributed by atoms with Crippen LogP contribution in [0.2, 0.25) is 5.02 Å². The second-order valence-electron chi connectivity index (χ2n) is 5.71. The topological polar surface area (TPSA) is 85.1 Å². The van der Waals surface area contributed by atoms with Gasteiger partial charge in [-0.05, 0) is 30.5 Å². The molecule has 0 aliphatic heterocycles. The normalized spacial score (nSPS) is 11.6. The van der Waals surface area contributed by atoms with E-state index in [1.54, 1.807) is 24.3 Å². The third-order valence-corrected chi connectivity index (χ3v) is 5.48. The Labute approximate surface area is 157 Å². The summed E-state index contributed by atoms with van der Waals surface area (Å²) < 4.78 is 32.2. The van der Waals surface area contributed by atoms with E-state index in [1.165, 1.54) is 0 Å². The van der Waals surface area contributed by atoms with Crippen molar-refractivity contribution in [1.82, 2.24) is 14.9 Å². The number of aromatic nitrogens is 2. The first-order chi connectivity index (χ1) is 12.5. The van der Waals surface area contributed by atoms with Crippen molar-refractivity contribution < 1.29 is 12.8 Å². The number of hydrogen-bond donors (Lipinski definition) is 1. The summed E-state index contributed by atoms with van der Waals surface area (Å²) in [7, 11) is -3.42. The van der Waals surface area contributed by atoms with Crippen molar-refractivity contribution in [3.63, 3.8) is 0 Å². The second-order valence-corrected chi connectivity index (χ2v) is 8.04. The standard InChI is InChI=1S/C18H18ClN3O3S/c19-16-11-5-4-10-15(16)18-22-21-17(25-18)13-20-26(23,24)12-6-9-14-7-2-1-3-8-14/h1-5,7-8,10-11,20H,6,9,12-13H2. The van der Waals surface area contributed by atoms with E-state index in [9.17, 15) is 8.42 Å². The SMILES string of the molecule is O=S(=O)(CCCc1ccccc1)NCc1nnc(-c2ccccc2Cl)o1. The first-order valence-corrected chi connectivity index (χ1v) is 10.1. The van der Waals surface area contributed by atoms with Gasteiger partial charge >= 0.3 is 0 Å². The molecule has 0 unspecified atom stereocenters. The fourth-order valence-electron chi connectivity index (χ4n) is 2.42. The van der Waals surface area contributed by atoms with Crippen LogP contribution in [0.4, 0.5) is 0 Å². The first-order valence-electron chi connectivity index (χ1n) is 8.12. The molecule has 0 spiro atoms. The van der Waals surface area contributed by atoms with Gasteiger partial charge in [0, 0.05) is 0 Å². The molecule has 0 fully saturated rings. The average molecular weight is 392 g/mol. The van der Waals surface area contributed by atoms with Crippen molar-refractivity contribution >= 4 is 21.6 Å². The summed E-state index contributed by atoms with van der Waals surface area (Å²) in [4.78, 5) is 0. The van der Waals surface area contributed by atoms with Gasteiger partial charge in [0.15, 0.2) is 0 Å². The highest BCUT2D eigenvalue weighted by atomic mass is 35.5. The predicted molar refractivity (Wildman–Crippen MR) is 100 cm³/mol. The van der Waals surface area contributed by atoms with Crippen molar-refractivity contribution in [2.45, 2.75) is 19.4 Å². The number of rotatable bonds is 8. The predicted octanol–water partition coefficient (Wildman–Crippen LogP) is 3.44.